The van der Waals surface area contributed by atoms with E-state index < -0.39 is 0 Å². The maximum absolute atomic E-state index is 5.84. The zero-order valence-electron chi connectivity index (χ0n) is 11.8. The van der Waals surface area contributed by atoms with E-state index >= 15 is 0 Å². The summed E-state index contributed by atoms with van der Waals surface area (Å²) in [6, 6.07) is 9.74. The highest BCUT2D eigenvalue weighted by Crippen LogP contribution is 2.39. The highest BCUT2D eigenvalue weighted by Gasteiger charge is 2.27. The number of nitrogen functional groups attached to an aromatic ring is 1. The number of anilines is 1. The van der Waals surface area contributed by atoms with Gasteiger partial charge in [-0.25, -0.2) is 4.98 Å². The smallest absolute Gasteiger partial charge is 0.224 e. The topological polar surface area (TPSA) is 61.0 Å². The molecular weight excluding hydrogens is 250 g/mol. The summed E-state index contributed by atoms with van der Waals surface area (Å²) in [5, 5.41) is 0. The van der Waals surface area contributed by atoms with Crippen molar-refractivity contribution in [2.24, 2.45) is 0 Å². The van der Waals surface area contributed by atoms with Gasteiger partial charge < -0.3 is 10.5 Å². The van der Waals surface area contributed by atoms with Crippen molar-refractivity contribution in [1.29, 1.82) is 0 Å². The van der Waals surface area contributed by atoms with Crippen molar-refractivity contribution in [1.82, 2.24) is 9.97 Å². The van der Waals surface area contributed by atoms with Crippen LogP contribution in [-0.2, 0) is 0 Å². The average Bonchev–Trinajstić information content (AvgIpc) is 3.22. The van der Waals surface area contributed by atoms with Crippen molar-refractivity contribution in [2.45, 2.75) is 38.5 Å². The molecule has 0 bridgehead atoms. The van der Waals surface area contributed by atoms with Gasteiger partial charge in [0.25, 0.3) is 0 Å². The monoisotopic (exact) mass is 269 g/mol. The van der Waals surface area contributed by atoms with Crippen LogP contribution in [0.2, 0.25) is 0 Å². The number of hydrogen-bond acceptors (Lipinski definition) is 4. The van der Waals surface area contributed by atoms with Crippen molar-refractivity contribution in [3.05, 3.63) is 41.7 Å². The molecule has 2 N–H and O–H groups in total. The molecule has 1 aromatic carbocycles. The van der Waals surface area contributed by atoms with Crippen LogP contribution < -0.4 is 10.5 Å². The summed E-state index contributed by atoms with van der Waals surface area (Å²) in [6.45, 7) is 4.32. The molecule has 1 saturated carbocycles. The first kappa shape index (κ1) is 12.9. The molecule has 4 heteroatoms. The van der Waals surface area contributed by atoms with Crippen molar-refractivity contribution in [3.63, 3.8) is 0 Å². The van der Waals surface area contributed by atoms with Gasteiger partial charge in [0.2, 0.25) is 5.88 Å². The second-order valence-corrected chi connectivity index (χ2v) is 5.59. The quantitative estimate of drug-likeness (QED) is 0.915. The Bertz CT molecular complexity index is 621. The van der Waals surface area contributed by atoms with E-state index in [1.54, 1.807) is 6.07 Å². The first-order chi connectivity index (χ1) is 9.61. The van der Waals surface area contributed by atoms with Gasteiger partial charge in [-0.3, -0.25) is 0 Å². The maximum Gasteiger partial charge on any atom is 0.224 e. The van der Waals surface area contributed by atoms with Crippen molar-refractivity contribution >= 4 is 5.82 Å². The van der Waals surface area contributed by atoms with E-state index in [-0.39, 0.29) is 0 Å². The third-order valence-corrected chi connectivity index (χ3v) is 3.43. The second kappa shape index (κ2) is 5.12. The molecule has 1 fully saturated rings. The molecule has 0 aliphatic heterocycles. The van der Waals surface area contributed by atoms with Gasteiger partial charge in [-0.05, 0) is 36.5 Å². The lowest BCUT2D eigenvalue weighted by Crippen LogP contribution is -2.00. The lowest BCUT2D eigenvalue weighted by molar-refractivity contribution is 0.458. The highest BCUT2D eigenvalue weighted by atomic mass is 16.5. The fourth-order valence-electron chi connectivity index (χ4n) is 2.10. The molecule has 1 aromatic heterocycles. The SMILES string of the molecule is CC(C)c1cccc(Oc2cc(N)nc(C3CC3)n2)c1. The van der Waals surface area contributed by atoms with Crippen LogP contribution in [0, 0.1) is 0 Å². The third-order valence-electron chi connectivity index (χ3n) is 3.43. The van der Waals surface area contributed by atoms with Crippen LogP contribution in [0.4, 0.5) is 5.82 Å². The summed E-state index contributed by atoms with van der Waals surface area (Å²) >= 11 is 0. The Morgan fingerprint density at radius 3 is 2.70 bits per heavy atom. The Morgan fingerprint density at radius 2 is 2.00 bits per heavy atom. The van der Waals surface area contributed by atoms with Gasteiger partial charge >= 0.3 is 0 Å². The number of nitrogens with two attached hydrogens (primary N) is 1. The van der Waals surface area contributed by atoms with Crippen molar-refractivity contribution in [3.8, 4) is 11.6 Å². The Labute approximate surface area is 119 Å². The molecule has 20 heavy (non-hydrogen) atoms. The Balaban J connectivity index is 1.85. The lowest BCUT2D eigenvalue weighted by atomic mass is 10.0. The minimum Gasteiger partial charge on any atom is -0.439 e. The van der Waals surface area contributed by atoms with Crippen LogP contribution in [0.15, 0.2) is 30.3 Å². The molecule has 0 unspecified atom stereocenters. The summed E-state index contributed by atoms with van der Waals surface area (Å²) < 4.78 is 5.84. The van der Waals surface area contributed by atoms with Gasteiger partial charge in [0, 0.05) is 12.0 Å². The first-order valence-electron chi connectivity index (χ1n) is 7.04. The summed E-state index contributed by atoms with van der Waals surface area (Å²) in [6.07, 6.45) is 2.29. The number of hydrogen-bond donors (Lipinski definition) is 1. The third kappa shape index (κ3) is 2.90. The summed E-state index contributed by atoms with van der Waals surface area (Å²) in [5.41, 5.74) is 7.07. The summed E-state index contributed by atoms with van der Waals surface area (Å²) in [5.74, 6) is 3.52. The van der Waals surface area contributed by atoms with E-state index in [0.717, 1.165) is 24.4 Å². The van der Waals surface area contributed by atoms with Crippen molar-refractivity contribution in [2.75, 3.05) is 5.73 Å². The van der Waals surface area contributed by atoms with Gasteiger partial charge in [-0.2, -0.15) is 4.98 Å². The van der Waals surface area contributed by atoms with E-state index in [0.29, 0.717) is 23.5 Å². The highest BCUT2D eigenvalue weighted by molar-refractivity contribution is 5.38. The standard InChI is InChI=1S/C16H19N3O/c1-10(2)12-4-3-5-13(8-12)20-15-9-14(17)18-16(19-15)11-6-7-11/h3-5,8-11H,6-7H2,1-2H3,(H2,17,18,19). The molecule has 0 amide bonds. The summed E-state index contributed by atoms with van der Waals surface area (Å²) in [7, 11) is 0. The second-order valence-electron chi connectivity index (χ2n) is 5.59. The predicted molar refractivity (Wildman–Crippen MR) is 79.0 cm³/mol. The zero-order chi connectivity index (χ0) is 14.1. The fourth-order valence-corrected chi connectivity index (χ4v) is 2.10. The first-order valence-corrected chi connectivity index (χ1v) is 7.04. The van der Waals surface area contributed by atoms with Crippen LogP contribution >= 0.6 is 0 Å². The number of rotatable bonds is 4. The molecule has 1 aliphatic carbocycles. The fraction of sp³-hybridized carbons (Fsp3) is 0.375. The average molecular weight is 269 g/mol. The lowest BCUT2D eigenvalue weighted by Gasteiger charge is -2.10. The molecule has 104 valence electrons. The largest absolute Gasteiger partial charge is 0.439 e. The molecule has 0 saturated heterocycles. The molecular formula is C16H19N3O. The summed E-state index contributed by atoms with van der Waals surface area (Å²) in [4.78, 5) is 8.72. The van der Waals surface area contributed by atoms with E-state index in [4.69, 9.17) is 10.5 Å². The van der Waals surface area contributed by atoms with Gasteiger partial charge in [-0.15, -0.1) is 0 Å². The minimum absolute atomic E-state index is 0.461. The van der Waals surface area contributed by atoms with Gasteiger partial charge in [-0.1, -0.05) is 26.0 Å². The Kier molecular flexibility index (Phi) is 3.30. The van der Waals surface area contributed by atoms with Crippen LogP contribution in [-0.4, -0.2) is 9.97 Å². The minimum atomic E-state index is 0.461. The number of aromatic nitrogens is 2. The van der Waals surface area contributed by atoms with Crippen LogP contribution in [0.5, 0.6) is 11.6 Å². The molecule has 3 rings (SSSR count). The van der Waals surface area contributed by atoms with Gasteiger partial charge in [0.15, 0.2) is 0 Å². The normalized spacial score (nSPS) is 14.6. The van der Waals surface area contributed by atoms with Crippen LogP contribution in [0.25, 0.3) is 0 Å². The van der Waals surface area contributed by atoms with Gasteiger partial charge in [0.05, 0.1) is 0 Å². The maximum atomic E-state index is 5.84. The van der Waals surface area contributed by atoms with Crippen LogP contribution in [0.1, 0.15) is 49.9 Å². The molecule has 0 atom stereocenters. The predicted octanol–water partition coefficient (Wildman–Crippen LogP) is 3.85. The van der Waals surface area contributed by atoms with Crippen LogP contribution in [0.3, 0.4) is 0 Å². The van der Waals surface area contributed by atoms with Crippen molar-refractivity contribution < 1.29 is 4.74 Å². The number of ether oxygens (including phenoxy) is 1. The van der Waals surface area contributed by atoms with E-state index in [1.807, 2.05) is 18.2 Å². The molecule has 0 radical (unpaired) electrons. The van der Waals surface area contributed by atoms with Gasteiger partial charge in [0.1, 0.15) is 17.4 Å². The molecule has 4 nitrogen and oxygen atoms in total. The Hall–Kier alpha value is -2.10. The van der Waals surface area contributed by atoms with E-state index in [2.05, 4.69) is 29.9 Å². The zero-order valence-corrected chi connectivity index (χ0v) is 11.8. The number of nitrogens with zero attached hydrogens (tertiary/aromatic N) is 2. The Morgan fingerprint density at radius 1 is 1.20 bits per heavy atom. The van der Waals surface area contributed by atoms with E-state index in [9.17, 15) is 0 Å². The molecule has 0 spiro atoms. The molecule has 1 aliphatic rings. The number of benzene rings is 1. The molecule has 2 aromatic rings. The molecule has 1 heterocycles. The van der Waals surface area contributed by atoms with E-state index in [1.165, 1.54) is 5.56 Å².